The fraction of sp³-hybridized carbons (Fsp3) is 0.333. The third-order valence-corrected chi connectivity index (χ3v) is 1.68. The first-order valence-electron chi connectivity index (χ1n) is 3.67. The van der Waals surface area contributed by atoms with Crippen LogP contribution in [0.5, 0.6) is 0 Å². The fourth-order valence-corrected chi connectivity index (χ4v) is 0.907. The lowest BCUT2D eigenvalue weighted by atomic mass is 10.4. The Hall–Kier alpha value is -0.450. The van der Waals surface area contributed by atoms with Gasteiger partial charge in [-0.15, -0.1) is 0 Å². The van der Waals surface area contributed by atoms with Gasteiger partial charge in [0, 0.05) is 5.75 Å². The average molecular weight is 218 g/mol. The van der Waals surface area contributed by atoms with E-state index in [1.165, 1.54) is 6.08 Å². The second-order valence-electron chi connectivity index (χ2n) is 1.78. The van der Waals surface area contributed by atoms with Crippen molar-refractivity contribution in [1.29, 1.82) is 0 Å². The second-order valence-corrected chi connectivity index (χ2v) is 2.88. The highest BCUT2D eigenvalue weighted by molar-refractivity contribution is 8.14. The molecule has 2 nitrogen and oxygen atoms in total. The summed E-state index contributed by atoms with van der Waals surface area (Å²) in [6.45, 7) is 1.93. The van der Waals surface area contributed by atoms with Gasteiger partial charge >= 0.3 is 0 Å². The molecule has 0 amide bonds. The number of allylic oxidation sites excluding steroid dienone is 3. The molecular weight excluding hydrogens is 204 g/mol. The molecular formula is C9H14O2S2. The van der Waals surface area contributed by atoms with Gasteiger partial charge in [-0.3, -0.25) is 4.79 Å². The molecule has 0 aromatic carbocycles. The largest absolute Gasteiger partial charge is 0.396 e. The van der Waals surface area contributed by atoms with Gasteiger partial charge in [0.2, 0.25) is 5.12 Å². The van der Waals surface area contributed by atoms with Crippen LogP contribution in [0.3, 0.4) is 0 Å². The van der Waals surface area contributed by atoms with Crippen molar-refractivity contribution in [1.82, 2.24) is 0 Å². The first-order chi connectivity index (χ1) is 6.31. The van der Waals surface area contributed by atoms with Crippen molar-refractivity contribution in [2.24, 2.45) is 0 Å². The van der Waals surface area contributed by atoms with Gasteiger partial charge in [0.25, 0.3) is 0 Å². The molecule has 0 radical (unpaired) electrons. The molecule has 0 aliphatic carbocycles. The standard InChI is InChI=1S/C8H12O2S.CH2S/c1-2-3-4-5-8(10)11-7-6-9;1-2/h2-5,9H,6-7H2,1H3;1H2/b3-2+,5-4+;. The van der Waals surface area contributed by atoms with Crippen molar-refractivity contribution >= 4 is 35.0 Å². The van der Waals surface area contributed by atoms with Gasteiger partial charge < -0.3 is 5.11 Å². The predicted molar refractivity (Wildman–Crippen MR) is 63.2 cm³/mol. The molecule has 0 aliphatic heterocycles. The minimum atomic E-state index is -0.0165. The number of aliphatic hydroxyl groups excluding tert-OH is 1. The highest BCUT2D eigenvalue weighted by atomic mass is 32.2. The average Bonchev–Trinajstić information content (AvgIpc) is 2.18. The number of carbonyl (C=O) groups excluding carboxylic acids is 1. The van der Waals surface area contributed by atoms with Crippen LogP contribution < -0.4 is 0 Å². The summed E-state index contributed by atoms with van der Waals surface area (Å²) in [5.41, 5.74) is 0. The normalized spacial score (nSPS) is 10.0. The van der Waals surface area contributed by atoms with Crippen molar-refractivity contribution in [2.75, 3.05) is 12.4 Å². The van der Waals surface area contributed by atoms with Crippen LogP contribution >= 0.6 is 24.0 Å². The third kappa shape index (κ3) is 14.4. The lowest BCUT2D eigenvalue weighted by molar-refractivity contribution is -0.107. The van der Waals surface area contributed by atoms with Crippen LogP contribution in [-0.2, 0) is 4.79 Å². The Labute approximate surface area is 88.7 Å². The van der Waals surface area contributed by atoms with Crippen LogP contribution in [0.25, 0.3) is 0 Å². The number of rotatable bonds is 4. The van der Waals surface area contributed by atoms with Gasteiger partial charge in [-0.1, -0.05) is 42.2 Å². The van der Waals surface area contributed by atoms with Crippen LogP contribution in [0.4, 0.5) is 0 Å². The molecule has 0 atom stereocenters. The van der Waals surface area contributed by atoms with Gasteiger partial charge in [0.05, 0.1) is 6.61 Å². The van der Waals surface area contributed by atoms with E-state index in [0.717, 1.165) is 11.8 Å². The summed E-state index contributed by atoms with van der Waals surface area (Å²) in [5.74, 6) is 3.30. The zero-order chi connectivity index (χ0) is 10.5. The number of hydrogen-bond acceptors (Lipinski definition) is 4. The number of aliphatic hydroxyl groups is 1. The quantitative estimate of drug-likeness (QED) is 0.445. The lowest BCUT2D eigenvalue weighted by Gasteiger charge is -1.89. The Bertz CT molecular complexity index is 176. The molecule has 0 saturated heterocycles. The van der Waals surface area contributed by atoms with Crippen LogP contribution in [0.2, 0.25) is 0 Å². The molecule has 0 unspecified atom stereocenters. The summed E-state index contributed by atoms with van der Waals surface area (Å²) in [7, 11) is 0. The van der Waals surface area contributed by atoms with Gasteiger partial charge in [-0.2, -0.15) is 0 Å². The summed E-state index contributed by atoms with van der Waals surface area (Å²) in [6, 6.07) is 0. The fourth-order valence-electron chi connectivity index (χ4n) is 0.440. The third-order valence-electron chi connectivity index (χ3n) is 0.871. The Balaban J connectivity index is 0. The van der Waals surface area contributed by atoms with E-state index in [0.29, 0.717) is 5.75 Å². The monoisotopic (exact) mass is 218 g/mol. The first kappa shape index (κ1) is 15.0. The summed E-state index contributed by atoms with van der Waals surface area (Å²) >= 11 is 4.95. The Kier molecular flexibility index (Phi) is 16.3. The van der Waals surface area contributed by atoms with Crippen LogP contribution in [0.1, 0.15) is 6.92 Å². The van der Waals surface area contributed by atoms with Gasteiger partial charge in [0.15, 0.2) is 0 Å². The molecule has 74 valence electrons. The predicted octanol–water partition coefficient (Wildman–Crippen LogP) is 1.99. The zero-order valence-electron chi connectivity index (χ0n) is 7.60. The second kappa shape index (κ2) is 14.1. The van der Waals surface area contributed by atoms with Crippen molar-refractivity contribution < 1.29 is 9.90 Å². The summed E-state index contributed by atoms with van der Waals surface area (Å²) in [6.07, 6.45) is 6.81. The van der Waals surface area contributed by atoms with Crippen molar-refractivity contribution in [3.8, 4) is 0 Å². The molecule has 0 rings (SSSR count). The van der Waals surface area contributed by atoms with E-state index in [9.17, 15) is 4.79 Å². The highest BCUT2D eigenvalue weighted by Crippen LogP contribution is 2.01. The smallest absolute Gasteiger partial charge is 0.212 e. The summed E-state index contributed by atoms with van der Waals surface area (Å²) in [4.78, 5) is 10.8. The topological polar surface area (TPSA) is 37.3 Å². The minimum absolute atomic E-state index is 0.0165. The highest BCUT2D eigenvalue weighted by Gasteiger charge is 1.93. The molecule has 0 aliphatic rings. The van der Waals surface area contributed by atoms with Gasteiger partial charge in [0.1, 0.15) is 0 Å². The molecule has 13 heavy (non-hydrogen) atoms. The van der Waals surface area contributed by atoms with E-state index in [1.54, 1.807) is 12.2 Å². The summed E-state index contributed by atoms with van der Waals surface area (Å²) < 4.78 is 0. The molecule has 0 aromatic heterocycles. The SMILES string of the molecule is C/C=C/C=C/C(=O)SCCO.C=S. The first-order valence-corrected chi connectivity index (χ1v) is 5.23. The summed E-state index contributed by atoms with van der Waals surface area (Å²) in [5, 5.41) is 8.36. The number of hydrogen-bond donors (Lipinski definition) is 1. The van der Waals surface area contributed by atoms with E-state index >= 15 is 0 Å². The molecule has 0 saturated carbocycles. The molecule has 0 fully saturated rings. The lowest BCUT2D eigenvalue weighted by Crippen LogP contribution is -1.91. The van der Waals surface area contributed by atoms with Crippen LogP contribution in [-0.4, -0.2) is 28.5 Å². The minimum Gasteiger partial charge on any atom is -0.396 e. The van der Waals surface area contributed by atoms with E-state index in [-0.39, 0.29) is 11.7 Å². The number of thiocarbonyl (C=S) groups is 1. The molecule has 0 heterocycles. The molecule has 4 heteroatoms. The van der Waals surface area contributed by atoms with E-state index in [4.69, 9.17) is 5.11 Å². The Morgan fingerprint density at radius 1 is 1.54 bits per heavy atom. The van der Waals surface area contributed by atoms with E-state index in [1.807, 2.05) is 13.0 Å². The van der Waals surface area contributed by atoms with Crippen molar-refractivity contribution in [2.45, 2.75) is 6.92 Å². The molecule has 0 aromatic rings. The van der Waals surface area contributed by atoms with Gasteiger partial charge in [-0.25, -0.2) is 0 Å². The maximum Gasteiger partial charge on any atom is 0.212 e. The van der Waals surface area contributed by atoms with Gasteiger partial charge in [-0.05, 0) is 18.9 Å². The maximum atomic E-state index is 10.8. The molecule has 1 N–H and O–H groups in total. The van der Waals surface area contributed by atoms with Crippen molar-refractivity contribution in [3.63, 3.8) is 0 Å². The molecule has 0 spiro atoms. The Morgan fingerprint density at radius 2 is 2.15 bits per heavy atom. The van der Waals surface area contributed by atoms with Crippen LogP contribution in [0, 0.1) is 0 Å². The number of thioether (sulfide) groups is 1. The van der Waals surface area contributed by atoms with E-state index < -0.39 is 0 Å². The van der Waals surface area contributed by atoms with Crippen LogP contribution in [0.15, 0.2) is 24.3 Å². The maximum absolute atomic E-state index is 10.8. The van der Waals surface area contributed by atoms with E-state index in [2.05, 4.69) is 18.1 Å². The zero-order valence-corrected chi connectivity index (χ0v) is 9.24. The number of carbonyl (C=O) groups is 1. The molecule has 0 bridgehead atoms. The Morgan fingerprint density at radius 3 is 2.62 bits per heavy atom. The van der Waals surface area contributed by atoms with Crippen molar-refractivity contribution in [3.05, 3.63) is 24.3 Å².